The molecule has 0 aliphatic carbocycles. The van der Waals surface area contributed by atoms with Gasteiger partial charge in [0.1, 0.15) is 5.76 Å². The van der Waals surface area contributed by atoms with Gasteiger partial charge < -0.3 is 4.42 Å². The molecule has 4 nitrogen and oxygen atoms in total. The molecule has 1 aromatic heterocycles. The summed E-state index contributed by atoms with van der Waals surface area (Å²) < 4.78 is 5.68. The second kappa shape index (κ2) is 5.90. The number of carbonyl (C=O) groups excluding carboxylic acids is 2. The Morgan fingerprint density at radius 2 is 2.00 bits per heavy atom. The predicted molar refractivity (Wildman–Crippen MR) is 90.8 cm³/mol. The summed E-state index contributed by atoms with van der Waals surface area (Å²) in [4.78, 5) is 25.8. The fraction of sp³-hybridized carbons (Fsp3) is 0.0625. The minimum absolute atomic E-state index is 0.0188. The van der Waals surface area contributed by atoms with E-state index < -0.39 is 0 Å². The van der Waals surface area contributed by atoms with Crippen LogP contribution >= 0.6 is 24.0 Å². The van der Waals surface area contributed by atoms with E-state index in [1.54, 1.807) is 48.7 Å². The van der Waals surface area contributed by atoms with E-state index in [0.29, 0.717) is 26.2 Å². The first-order valence-electron chi connectivity index (χ1n) is 6.49. The monoisotopic (exact) mass is 329 g/mol. The first-order valence-corrected chi connectivity index (χ1v) is 7.71. The van der Waals surface area contributed by atoms with E-state index in [4.69, 9.17) is 16.6 Å². The van der Waals surface area contributed by atoms with Crippen LogP contribution in [0.1, 0.15) is 23.0 Å². The zero-order valence-electron chi connectivity index (χ0n) is 11.6. The molecule has 0 bridgehead atoms. The molecule has 3 rings (SSSR count). The van der Waals surface area contributed by atoms with Gasteiger partial charge in [0.15, 0.2) is 10.1 Å². The van der Waals surface area contributed by atoms with Crippen molar-refractivity contribution in [1.29, 1.82) is 0 Å². The third-order valence-corrected chi connectivity index (χ3v) is 4.44. The van der Waals surface area contributed by atoms with Crippen molar-refractivity contribution in [2.45, 2.75) is 6.92 Å². The Morgan fingerprint density at radius 3 is 2.59 bits per heavy atom. The number of ketones is 1. The van der Waals surface area contributed by atoms with Gasteiger partial charge in [-0.05, 0) is 43.3 Å². The highest BCUT2D eigenvalue weighted by atomic mass is 32.2. The Morgan fingerprint density at radius 1 is 1.27 bits per heavy atom. The summed E-state index contributed by atoms with van der Waals surface area (Å²) in [6.45, 7) is 1.50. The molecule has 2 heterocycles. The molecule has 0 radical (unpaired) electrons. The SMILES string of the molecule is CC(=O)c1ccc(N2C(=O)C(=Cc3ccco3)SC2=S)cc1. The Balaban J connectivity index is 1.90. The maximum atomic E-state index is 12.5. The summed E-state index contributed by atoms with van der Waals surface area (Å²) in [5.74, 6) is 0.393. The van der Waals surface area contributed by atoms with Gasteiger partial charge in [0.05, 0.1) is 16.9 Å². The zero-order chi connectivity index (χ0) is 15.7. The topological polar surface area (TPSA) is 50.5 Å². The lowest BCUT2D eigenvalue weighted by Gasteiger charge is -2.14. The van der Waals surface area contributed by atoms with Gasteiger partial charge in [-0.2, -0.15) is 0 Å². The van der Waals surface area contributed by atoms with Crippen molar-refractivity contribution in [1.82, 2.24) is 0 Å². The molecule has 1 aliphatic heterocycles. The van der Waals surface area contributed by atoms with Gasteiger partial charge in [0.2, 0.25) is 0 Å². The Kier molecular flexibility index (Phi) is 3.96. The van der Waals surface area contributed by atoms with E-state index in [0.717, 1.165) is 0 Å². The van der Waals surface area contributed by atoms with Gasteiger partial charge in [0, 0.05) is 11.6 Å². The molecule has 0 unspecified atom stereocenters. The van der Waals surface area contributed by atoms with Crippen LogP contribution in [0, 0.1) is 0 Å². The van der Waals surface area contributed by atoms with E-state index in [9.17, 15) is 9.59 Å². The molecular weight excluding hydrogens is 318 g/mol. The number of Topliss-reactive ketones (excluding diaryl/α,β-unsaturated/α-hetero) is 1. The van der Waals surface area contributed by atoms with Crippen molar-refractivity contribution in [2.75, 3.05) is 4.90 Å². The second-order valence-corrected chi connectivity index (χ2v) is 6.31. The maximum absolute atomic E-state index is 12.5. The molecule has 0 saturated carbocycles. The average molecular weight is 329 g/mol. The normalized spacial score (nSPS) is 16.6. The highest BCUT2D eigenvalue weighted by Gasteiger charge is 2.33. The van der Waals surface area contributed by atoms with Gasteiger partial charge in [-0.15, -0.1) is 0 Å². The smallest absolute Gasteiger partial charge is 0.270 e. The molecule has 0 atom stereocenters. The average Bonchev–Trinajstić information content (AvgIpc) is 3.09. The molecule has 1 saturated heterocycles. The van der Waals surface area contributed by atoms with E-state index in [-0.39, 0.29) is 11.7 Å². The number of amides is 1. The lowest BCUT2D eigenvalue weighted by molar-refractivity contribution is -0.113. The number of thioether (sulfide) groups is 1. The highest BCUT2D eigenvalue weighted by molar-refractivity contribution is 8.27. The van der Waals surface area contributed by atoms with E-state index in [1.807, 2.05) is 0 Å². The molecule has 1 fully saturated rings. The minimum atomic E-state index is -0.193. The van der Waals surface area contributed by atoms with E-state index in [1.165, 1.54) is 23.6 Å². The van der Waals surface area contributed by atoms with Crippen LogP contribution < -0.4 is 4.90 Å². The van der Waals surface area contributed by atoms with Crippen LogP contribution in [0.5, 0.6) is 0 Å². The standard InChI is InChI=1S/C16H11NO3S2/c1-10(18)11-4-6-12(7-5-11)17-15(19)14(22-16(17)21)9-13-3-2-8-20-13/h2-9H,1H3. The van der Waals surface area contributed by atoms with Crippen LogP contribution in [-0.4, -0.2) is 16.0 Å². The molecule has 110 valence electrons. The van der Waals surface area contributed by atoms with Crippen LogP contribution in [-0.2, 0) is 4.79 Å². The molecular formula is C16H11NO3S2. The molecule has 1 amide bonds. The molecule has 6 heteroatoms. The summed E-state index contributed by atoms with van der Waals surface area (Å²) in [6, 6.07) is 10.3. The molecule has 0 N–H and O–H groups in total. The first-order chi connectivity index (χ1) is 10.6. The first kappa shape index (κ1) is 14.7. The Bertz CT molecular complexity index is 776. The van der Waals surface area contributed by atoms with Gasteiger partial charge in [0.25, 0.3) is 5.91 Å². The number of hydrogen-bond acceptors (Lipinski definition) is 5. The molecule has 22 heavy (non-hydrogen) atoms. The minimum Gasteiger partial charge on any atom is -0.465 e. The third-order valence-electron chi connectivity index (χ3n) is 3.14. The Labute approximate surface area is 136 Å². The third kappa shape index (κ3) is 2.75. The van der Waals surface area contributed by atoms with Crippen LogP contribution in [0.2, 0.25) is 0 Å². The number of carbonyl (C=O) groups is 2. The quantitative estimate of drug-likeness (QED) is 0.486. The predicted octanol–water partition coefficient (Wildman–Crippen LogP) is 3.89. The molecule has 0 spiro atoms. The summed E-state index contributed by atoms with van der Waals surface area (Å²) >= 11 is 6.51. The summed E-state index contributed by atoms with van der Waals surface area (Å²) in [6.07, 6.45) is 3.22. The summed E-state index contributed by atoms with van der Waals surface area (Å²) in [5.41, 5.74) is 1.25. The number of hydrogen-bond donors (Lipinski definition) is 0. The van der Waals surface area contributed by atoms with Gasteiger partial charge in [-0.1, -0.05) is 24.0 Å². The molecule has 1 aliphatic rings. The molecule has 2 aromatic rings. The van der Waals surface area contributed by atoms with E-state index >= 15 is 0 Å². The summed E-state index contributed by atoms with van der Waals surface area (Å²) in [7, 11) is 0. The van der Waals surface area contributed by atoms with Crippen molar-refractivity contribution in [2.24, 2.45) is 0 Å². The van der Waals surface area contributed by atoms with Gasteiger partial charge in [-0.3, -0.25) is 14.5 Å². The fourth-order valence-electron chi connectivity index (χ4n) is 2.04. The number of furan rings is 1. The lowest BCUT2D eigenvalue weighted by atomic mass is 10.1. The number of thiocarbonyl (C=S) groups is 1. The number of benzene rings is 1. The molecule has 1 aromatic carbocycles. The zero-order valence-corrected chi connectivity index (χ0v) is 13.2. The summed E-state index contributed by atoms with van der Waals surface area (Å²) in [5, 5.41) is 0. The van der Waals surface area contributed by atoms with Crippen molar-refractivity contribution in [3.8, 4) is 0 Å². The highest BCUT2D eigenvalue weighted by Crippen LogP contribution is 2.36. The Hall–Kier alpha value is -2.18. The van der Waals surface area contributed by atoms with Crippen LogP contribution in [0.4, 0.5) is 5.69 Å². The van der Waals surface area contributed by atoms with Gasteiger partial charge in [-0.25, -0.2) is 0 Å². The lowest BCUT2D eigenvalue weighted by Crippen LogP contribution is -2.27. The van der Waals surface area contributed by atoms with Crippen LogP contribution in [0.15, 0.2) is 52.0 Å². The fourth-order valence-corrected chi connectivity index (χ4v) is 3.32. The van der Waals surface area contributed by atoms with E-state index in [2.05, 4.69) is 0 Å². The number of nitrogens with zero attached hydrogens (tertiary/aromatic N) is 1. The van der Waals surface area contributed by atoms with Crippen molar-refractivity contribution < 1.29 is 14.0 Å². The van der Waals surface area contributed by atoms with Crippen molar-refractivity contribution in [3.63, 3.8) is 0 Å². The largest absolute Gasteiger partial charge is 0.465 e. The number of rotatable bonds is 3. The maximum Gasteiger partial charge on any atom is 0.270 e. The van der Waals surface area contributed by atoms with Crippen LogP contribution in [0.25, 0.3) is 6.08 Å². The van der Waals surface area contributed by atoms with Crippen molar-refractivity contribution >= 4 is 51.8 Å². The van der Waals surface area contributed by atoms with Crippen LogP contribution in [0.3, 0.4) is 0 Å². The van der Waals surface area contributed by atoms with Gasteiger partial charge >= 0.3 is 0 Å². The second-order valence-electron chi connectivity index (χ2n) is 4.64. The number of anilines is 1. The van der Waals surface area contributed by atoms with Crippen molar-refractivity contribution in [3.05, 3.63) is 58.9 Å².